The number of esters is 1. The highest BCUT2D eigenvalue weighted by Gasteiger charge is 2.42. The van der Waals surface area contributed by atoms with Crippen LogP contribution in [0.15, 0.2) is 60.7 Å². The summed E-state index contributed by atoms with van der Waals surface area (Å²) in [7, 11) is 0. The van der Waals surface area contributed by atoms with Crippen molar-refractivity contribution in [2.75, 3.05) is 5.75 Å². The third kappa shape index (κ3) is 4.97. The number of carbonyl (C=O) groups excluding carboxylic acids is 2. The summed E-state index contributed by atoms with van der Waals surface area (Å²) in [6, 6.07) is 16.3. The minimum Gasteiger partial charge on any atom is -0.461 e. The summed E-state index contributed by atoms with van der Waals surface area (Å²) in [5.74, 6) is -0.133. The van der Waals surface area contributed by atoms with Gasteiger partial charge in [-0.25, -0.2) is 4.79 Å². The molecule has 1 saturated heterocycles. The molecule has 0 spiro atoms. The van der Waals surface area contributed by atoms with E-state index in [-0.39, 0.29) is 23.4 Å². The van der Waals surface area contributed by atoms with E-state index in [0.29, 0.717) is 10.8 Å². The maximum atomic E-state index is 13.1. The van der Waals surface area contributed by atoms with Crippen molar-refractivity contribution in [1.82, 2.24) is 4.90 Å². The summed E-state index contributed by atoms with van der Waals surface area (Å²) in [5.41, 5.74) is 1.81. The van der Waals surface area contributed by atoms with Gasteiger partial charge in [-0.15, -0.1) is 11.8 Å². The highest BCUT2D eigenvalue weighted by molar-refractivity contribution is 7.99. The van der Waals surface area contributed by atoms with Crippen molar-refractivity contribution >= 4 is 41.3 Å². The molecule has 1 fully saturated rings. The van der Waals surface area contributed by atoms with Gasteiger partial charge in [0.1, 0.15) is 11.4 Å². The number of carbonyl (C=O) groups is 2. The summed E-state index contributed by atoms with van der Waals surface area (Å²) >= 11 is 7.68. The second kappa shape index (κ2) is 9.30. The fourth-order valence-electron chi connectivity index (χ4n) is 3.00. The second-order valence-electron chi connectivity index (χ2n) is 6.73. The van der Waals surface area contributed by atoms with Crippen LogP contribution in [0.5, 0.6) is 0 Å². The molecule has 0 saturated carbocycles. The molecule has 1 aliphatic rings. The number of rotatable bonds is 5. The Morgan fingerprint density at radius 1 is 1.18 bits per heavy atom. The van der Waals surface area contributed by atoms with E-state index >= 15 is 0 Å². The van der Waals surface area contributed by atoms with Crippen molar-refractivity contribution in [2.45, 2.75) is 31.4 Å². The summed E-state index contributed by atoms with van der Waals surface area (Å²) in [6.45, 7) is 3.60. The van der Waals surface area contributed by atoms with Crippen LogP contribution in [0.2, 0.25) is 5.02 Å². The largest absolute Gasteiger partial charge is 0.461 e. The van der Waals surface area contributed by atoms with Crippen molar-refractivity contribution in [1.29, 1.82) is 0 Å². The van der Waals surface area contributed by atoms with Crippen molar-refractivity contribution < 1.29 is 14.3 Å². The lowest BCUT2D eigenvalue weighted by Gasteiger charge is -2.28. The molecule has 0 aromatic heterocycles. The van der Waals surface area contributed by atoms with Gasteiger partial charge in [0, 0.05) is 16.9 Å². The molecule has 2 atom stereocenters. The molecule has 3 rings (SSSR count). The second-order valence-corrected chi connectivity index (χ2v) is 8.28. The number of ether oxygens (including phenoxy) is 1. The van der Waals surface area contributed by atoms with Crippen LogP contribution in [0.1, 0.15) is 30.3 Å². The summed E-state index contributed by atoms with van der Waals surface area (Å²) in [6.07, 6.45) is 3.03. The van der Waals surface area contributed by atoms with Gasteiger partial charge >= 0.3 is 5.97 Å². The topological polar surface area (TPSA) is 46.6 Å². The SMILES string of the molecule is CC(C)OC(=O)[C@@H]1CS[C@H](c2cccc(Cl)c2)N1C(=O)/C=C/c1ccccc1. The first-order chi connectivity index (χ1) is 13.5. The Morgan fingerprint density at radius 2 is 1.93 bits per heavy atom. The molecule has 0 radical (unpaired) electrons. The normalized spacial score (nSPS) is 19.4. The van der Waals surface area contributed by atoms with E-state index < -0.39 is 6.04 Å². The van der Waals surface area contributed by atoms with Gasteiger partial charge in [0.25, 0.3) is 0 Å². The van der Waals surface area contributed by atoms with Crippen LogP contribution < -0.4 is 0 Å². The van der Waals surface area contributed by atoms with Crippen LogP contribution in [0, 0.1) is 0 Å². The molecule has 28 heavy (non-hydrogen) atoms. The van der Waals surface area contributed by atoms with Gasteiger partial charge in [-0.3, -0.25) is 4.79 Å². The van der Waals surface area contributed by atoms with Gasteiger partial charge < -0.3 is 9.64 Å². The predicted octanol–water partition coefficient (Wildman–Crippen LogP) is 4.95. The molecule has 6 heteroatoms. The monoisotopic (exact) mass is 415 g/mol. The molecule has 4 nitrogen and oxygen atoms in total. The van der Waals surface area contributed by atoms with Crippen LogP contribution in [0.3, 0.4) is 0 Å². The Hall–Kier alpha value is -2.24. The van der Waals surface area contributed by atoms with Gasteiger partial charge in [-0.1, -0.05) is 54.1 Å². The quantitative estimate of drug-likeness (QED) is 0.512. The highest BCUT2D eigenvalue weighted by Crippen LogP contribution is 2.42. The highest BCUT2D eigenvalue weighted by atomic mass is 35.5. The van der Waals surface area contributed by atoms with Crippen molar-refractivity contribution in [3.05, 3.63) is 76.8 Å². The number of benzene rings is 2. The standard InChI is InChI=1S/C22H22ClNO3S/c1-15(2)27-22(26)19-14-28-21(17-9-6-10-18(23)13-17)24(19)20(25)12-11-16-7-4-3-5-8-16/h3-13,15,19,21H,14H2,1-2H3/b12-11+/t19-,21+/m0/s1. The lowest BCUT2D eigenvalue weighted by molar-refractivity contribution is -0.156. The maximum Gasteiger partial charge on any atom is 0.330 e. The van der Waals surface area contributed by atoms with Crippen LogP contribution in [-0.2, 0) is 14.3 Å². The molecule has 1 heterocycles. The molecule has 146 valence electrons. The number of hydrogen-bond donors (Lipinski definition) is 0. The first kappa shape index (κ1) is 20.5. The van der Waals surface area contributed by atoms with E-state index in [4.69, 9.17) is 16.3 Å². The summed E-state index contributed by atoms with van der Waals surface area (Å²) < 4.78 is 5.39. The number of thioether (sulfide) groups is 1. The molecule has 0 bridgehead atoms. The molecule has 0 N–H and O–H groups in total. The molecule has 2 aromatic rings. The van der Waals surface area contributed by atoms with Crippen LogP contribution in [0.25, 0.3) is 6.08 Å². The van der Waals surface area contributed by atoms with Crippen LogP contribution in [0.4, 0.5) is 0 Å². The molecular weight excluding hydrogens is 394 g/mol. The molecule has 2 aromatic carbocycles. The van der Waals surface area contributed by atoms with E-state index in [1.807, 2.05) is 48.5 Å². The van der Waals surface area contributed by atoms with Crippen LogP contribution >= 0.6 is 23.4 Å². The molecule has 1 aliphatic heterocycles. The minimum absolute atomic E-state index is 0.232. The van der Waals surface area contributed by atoms with Gasteiger partial charge in [-0.2, -0.15) is 0 Å². The third-order valence-corrected chi connectivity index (χ3v) is 5.79. The molecule has 1 amide bonds. The Kier molecular flexibility index (Phi) is 6.81. The Balaban J connectivity index is 1.89. The van der Waals surface area contributed by atoms with Crippen molar-refractivity contribution in [3.8, 4) is 0 Å². The first-order valence-electron chi connectivity index (χ1n) is 9.08. The van der Waals surface area contributed by atoms with Gasteiger partial charge in [-0.05, 0) is 43.2 Å². The smallest absolute Gasteiger partial charge is 0.330 e. The molecule has 0 aliphatic carbocycles. The zero-order valence-electron chi connectivity index (χ0n) is 15.7. The van der Waals surface area contributed by atoms with Gasteiger partial charge in [0.05, 0.1) is 6.10 Å². The Labute approximate surface area is 174 Å². The number of halogens is 1. The van der Waals surface area contributed by atoms with E-state index in [9.17, 15) is 9.59 Å². The average Bonchev–Trinajstić information content (AvgIpc) is 3.12. The number of nitrogens with zero attached hydrogens (tertiary/aromatic N) is 1. The Bertz CT molecular complexity index is 869. The lowest BCUT2D eigenvalue weighted by atomic mass is 10.1. The minimum atomic E-state index is -0.635. The summed E-state index contributed by atoms with van der Waals surface area (Å²) in [5, 5.41) is 0.301. The van der Waals surface area contributed by atoms with Crippen LogP contribution in [-0.4, -0.2) is 34.7 Å². The van der Waals surface area contributed by atoms with E-state index in [1.54, 1.807) is 30.9 Å². The van der Waals surface area contributed by atoms with E-state index in [2.05, 4.69) is 0 Å². The van der Waals surface area contributed by atoms with E-state index in [0.717, 1.165) is 11.1 Å². The number of hydrogen-bond acceptors (Lipinski definition) is 4. The van der Waals surface area contributed by atoms with E-state index in [1.165, 1.54) is 17.8 Å². The zero-order chi connectivity index (χ0) is 20.1. The van der Waals surface area contributed by atoms with Crippen molar-refractivity contribution in [3.63, 3.8) is 0 Å². The molecular formula is C22H22ClNO3S. The Morgan fingerprint density at radius 3 is 2.61 bits per heavy atom. The fourth-order valence-corrected chi connectivity index (χ4v) is 4.61. The lowest BCUT2D eigenvalue weighted by Crippen LogP contribution is -2.43. The molecule has 0 unspecified atom stereocenters. The average molecular weight is 416 g/mol. The van der Waals surface area contributed by atoms with Gasteiger partial charge in [0.2, 0.25) is 5.91 Å². The predicted molar refractivity (Wildman–Crippen MR) is 114 cm³/mol. The number of amides is 1. The first-order valence-corrected chi connectivity index (χ1v) is 10.5. The zero-order valence-corrected chi connectivity index (χ0v) is 17.3. The maximum absolute atomic E-state index is 13.1. The van der Waals surface area contributed by atoms with Gasteiger partial charge in [0.15, 0.2) is 0 Å². The van der Waals surface area contributed by atoms with Crippen molar-refractivity contribution in [2.24, 2.45) is 0 Å². The fraction of sp³-hybridized carbons (Fsp3) is 0.273. The third-order valence-electron chi connectivity index (χ3n) is 4.23. The summed E-state index contributed by atoms with van der Waals surface area (Å²) in [4.78, 5) is 27.3.